The van der Waals surface area contributed by atoms with E-state index in [0.717, 1.165) is 24.3 Å². The molecule has 0 fully saturated rings. The number of hydrogen-bond acceptors (Lipinski definition) is 3. The summed E-state index contributed by atoms with van der Waals surface area (Å²) in [5.74, 6) is 1.55. The maximum absolute atomic E-state index is 11.3. The van der Waals surface area contributed by atoms with Crippen LogP contribution in [0.3, 0.4) is 0 Å². The van der Waals surface area contributed by atoms with E-state index in [-0.39, 0.29) is 5.91 Å². The summed E-state index contributed by atoms with van der Waals surface area (Å²) in [6.45, 7) is 0. The van der Waals surface area contributed by atoms with Crippen LogP contribution in [0, 0.1) is 0 Å². The fraction of sp³-hybridized carbons (Fsp3) is 0.429. The molecule has 0 saturated carbocycles. The van der Waals surface area contributed by atoms with Crippen molar-refractivity contribution in [3.63, 3.8) is 0 Å². The molecule has 0 spiro atoms. The lowest BCUT2D eigenvalue weighted by Crippen LogP contribution is -2.37. The molecule has 0 saturated heterocycles. The molecule has 3 amide bonds. The second-order valence-corrected chi connectivity index (χ2v) is 5.30. The number of amides is 3. The highest BCUT2D eigenvalue weighted by Crippen LogP contribution is 2.08. The van der Waals surface area contributed by atoms with Gasteiger partial charge in [-0.05, 0) is 24.2 Å². The largest absolute Gasteiger partial charge is 0.341 e. The number of hydrogen-bond donors (Lipinski definition) is 2. The molecule has 1 aromatic carbocycles. The molecule has 0 bridgehead atoms. The molecule has 0 aliphatic heterocycles. The summed E-state index contributed by atoms with van der Waals surface area (Å²) in [4.78, 5) is 22.1. The summed E-state index contributed by atoms with van der Waals surface area (Å²) in [7, 11) is 1.49. The minimum absolute atomic E-state index is 0.227. The Bertz CT molecular complexity index is 396. The fourth-order valence-corrected chi connectivity index (χ4v) is 2.42. The van der Waals surface area contributed by atoms with Gasteiger partial charge >= 0.3 is 6.03 Å². The van der Waals surface area contributed by atoms with E-state index in [0.29, 0.717) is 6.42 Å². The number of carbonyl (C=O) groups is 2. The van der Waals surface area contributed by atoms with Crippen molar-refractivity contribution >= 4 is 23.7 Å². The molecule has 1 rings (SSSR count). The standard InChI is InChI=1S/C14H20N2O2S/c1-15-14(18)16-13(17)9-11-19-10-5-8-12-6-3-2-4-7-12/h2-4,6-7H,5,8-11H2,1H3,(H2,15,16,17,18). The van der Waals surface area contributed by atoms with Crippen LogP contribution in [-0.2, 0) is 11.2 Å². The first-order chi connectivity index (χ1) is 9.22. The molecule has 5 heteroatoms. The summed E-state index contributed by atoms with van der Waals surface area (Å²) in [6, 6.07) is 9.92. The van der Waals surface area contributed by atoms with Crippen molar-refractivity contribution < 1.29 is 9.59 Å². The fourth-order valence-electron chi connectivity index (χ4n) is 1.54. The van der Waals surface area contributed by atoms with E-state index in [1.54, 1.807) is 11.8 Å². The molecule has 0 radical (unpaired) electrons. The normalized spacial score (nSPS) is 9.95. The SMILES string of the molecule is CNC(=O)NC(=O)CCSCCCc1ccccc1. The number of aryl methyl sites for hydroxylation is 1. The van der Waals surface area contributed by atoms with Gasteiger partial charge in [0.05, 0.1) is 0 Å². The van der Waals surface area contributed by atoms with Gasteiger partial charge in [0, 0.05) is 19.2 Å². The Morgan fingerprint density at radius 1 is 1.16 bits per heavy atom. The Balaban J connectivity index is 1.99. The number of carbonyl (C=O) groups excluding carboxylic acids is 2. The van der Waals surface area contributed by atoms with E-state index in [4.69, 9.17) is 0 Å². The third kappa shape index (κ3) is 7.51. The lowest BCUT2D eigenvalue weighted by atomic mass is 10.1. The zero-order valence-electron chi connectivity index (χ0n) is 11.1. The molecule has 104 valence electrons. The van der Waals surface area contributed by atoms with E-state index in [2.05, 4.69) is 22.8 Å². The minimum atomic E-state index is -0.445. The Labute approximate surface area is 118 Å². The van der Waals surface area contributed by atoms with Gasteiger partial charge < -0.3 is 5.32 Å². The highest BCUT2D eigenvalue weighted by molar-refractivity contribution is 7.99. The third-order valence-corrected chi connectivity index (χ3v) is 3.62. The minimum Gasteiger partial charge on any atom is -0.341 e. The molecule has 0 aromatic heterocycles. The maximum atomic E-state index is 11.3. The van der Waals surface area contributed by atoms with E-state index in [1.165, 1.54) is 12.6 Å². The van der Waals surface area contributed by atoms with E-state index < -0.39 is 6.03 Å². The monoisotopic (exact) mass is 280 g/mol. The van der Waals surface area contributed by atoms with E-state index >= 15 is 0 Å². The van der Waals surface area contributed by atoms with E-state index in [9.17, 15) is 9.59 Å². The van der Waals surface area contributed by atoms with Crippen molar-refractivity contribution in [3.8, 4) is 0 Å². The highest BCUT2D eigenvalue weighted by Gasteiger charge is 2.04. The van der Waals surface area contributed by atoms with Gasteiger partial charge in [-0.25, -0.2) is 4.79 Å². The topological polar surface area (TPSA) is 58.2 Å². The van der Waals surface area contributed by atoms with Crippen LogP contribution < -0.4 is 10.6 Å². The van der Waals surface area contributed by atoms with Crippen LogP contribution in [0.1, 0.15) is 18.4 Å². The lowest BCUT2D eigenvalue weighted by molar-refractivity contribution is -0.119. The van der Waals surface area contributed by atoms with Gasteiger partial charge in [0.15, 0.2) is 0 Å². The molecule has 2 N–H and O–H groups in total. The van der Waals surface area contributed by atoms with Gasteiger partial charge in [-0.2, -0.15) is 11.8 Å². The quantitative estimate of drug-likeness (QED) is 0.753. The smallest absolute Gasteiger partial charge is 0.321 e. The molecule has 19 heavy (non-hydrogen) atoms. The average molecular weight is 280 g/mol. The van der Waals surface area contributed by atoms with Crippen molar-refractivity contribution in [3.05, 3.63) is 35.9 Å². The zero-order chi connectivity index (χ0) is 13.9. The Morgan fingerprint density at radius 2 is 1.89 bits per heavy atom. The van der Waals surface area contributed by atoms with Gasteiger partial charge in [-0.3, -0.25) is 10.1 Å². The van der Waals surface area contributed by atoms with Crippen LogP contribution in [-0.4, -0.2) is 30.5 Å². The molecular formula is C14H20N2O2S. The predicted molar refractivity (Wildman–Crippen MR) is 79.3 cm³/mol. The first kappa shape index (κ1) is 15.6. The second-order valence-electron chi connectivity index (χ2n) is 4.08. The second kappa shape index (κ2) is 9.44. The van der Waals surface area contributed by atoms with Crippen LogP contribution in [0.5, 0.6) is 0 Å². The number of rotatable bonds is 7. The van der Waals surface area contributed by atoms with Gasteiger partial charge in [0.25, 0.3) is 0 Å². The van der Waals surface area contributed by atoms with Crippen LogP contribution in [0.4, 0.5) is 4.79 Å². The van der Waals surface area contributed by atoms with Gasteiger partial charge in [-0.1, -0.05) is 30.3 Å². The summed E-state index contributed by atoms with van der Waals surface area (Å²) in [5, 5.41) is 4.59. The van der Waals surface area contributed by atoms with Crippen molar-refractivity contribution in [2.45, 2.75) is 19.3 Å². The molecule has 0 aliphatic rings. The highest BCUT2D eigenvalue weighted by atomic mass is 32.2. The summed E-state index contributed by atoms with van der Waals surface area (Å²) in [6.07, 6.45) is 2.55. The van der Waals surface area contributed by atoms with Crippen molar-refractivity contribution in [2.24, 2.45) is 0 Å². The molecule has 0 heterocycles. The first-order valence-electron chi connectivity index (χ1n) is 6.35. The number of imide groups is 1. The molecule has 0 atom stereocenters. The van der Waals surface area contributed by atoms with Crippen LogP contribution in [0.2, 0.25) is 0 Å². The summed E-state index contributed by atoms with van der Waals surface area (Å²) < 4.78 is 0. The van der Waals surface area contributed by atoms with Crippen LogP contribution >= 0.6 is 11.8 Å². The van der Waals surface area contributed by atoms with Crippen molar-refractivity contribution in [1.82, 2.24) is 10.6 Å². The predicted octanol–water partition coefficient (Wildman–Crippen LogP) is 2.20. The Morgan fingerprint density at radius 3 is 2.58 bits per heavy atom. The number of urea groups is 1. The third-order valence-electron chi connectivity index (χ3n) is 2.55. The number of nitrogens with one attached hydrogen (secondary N) is 2. The summed E-state index contributed by atoms with van der Waals surface area (Å²) >= 11 is 1.74. The van der Waals surface area contributed by atoms with Crippen molar-refractivity contribution in [2.75, 3.05) is 18.6 Å². The number of thioether (sulfide) groups is 1. The summed E-state index contributed by atoms with van der Waals surface area (Å²) in [5.41, 5.74) is 1.35. The zero-order valence-corrected chi connectivity index (χ0v) is 12.0. The molecular weight excluding hydrogens is 260 g/mol. The number of benzene rings is 1. The van der Waals surface area contributed by atoms with Gasteiger partial charge in [0.2, 0.25) is 5.91 Å². The van der Waals surface area contributed by atoms with Crippen molar-refractivity contribution in [1.29, 1.82) is 0 Å². The lowest BCUT2D eigenvalue weighted by Gasteiger charge is -2.03. The van der Waals surface area contributed by atoms with Crippen LogP contribution in [0.25, 0.3) is 0 Å². The Kier molecular flexibility index (Phi) is 7.74. The molecule has 4 nitrogen and oxygen atoms in total. The van der Waals surface area contributed by atoms with Gasteiger partial charge in [-0.15, -0.1) is 0 Å². The molecule has 1 aromatic rings. The average Bonchev–Trinajstić information content (AvgIpc) is 2.43. The van der Waals surface area contributed by atoms with Crippen LogP contribution in [0.15, 0.2) is 30.3 Å². The van der Waals surface area contributed by atoms with E-state index in [1.807, 2.05) is 18.2 Å². The maximum Gasteiger partial charge on any atom is 0.321 e. The molecule has 0 aliphatic carbocycles. The first-order valence-corrected chi connectivity index (χ1v) is 7.51. The molecule has 0 unspecified atom stereocenters. The Hall–Kier alpha value is -1.49. The van der Waals surface area contributed by atoms with Gasteiger partial charge in [0.1, 0.15) is 0 Å².